The van der Waals surface area contributed by atoms with Gasteiger partial charge in [0, 0.05) is 12.6 Å². The number of hydrogen-bond acceptors (Lipinski definition) is 2. The van der Waals surface area contributed by atoms with Crippen LogP contribution in [0.15, 0.2) is 0 Å². The molecule has 2 heteroatoms. The minimum absolute atomic E-state index is 0.305. The minimum Gasteiger partial charge on any atom is -0.363 e. The van der Waals surface area contributed by atoms with E-state index in [0.29, 0.717) is 12.3 Å². The van der Waals surface area contributed by atoms with Gasteiger partial charge in [-0.05, 0) is 25.7 Å². The van der Waals surface area contributed by atoms with Crippen LogP contribution >= 0.6 is 0 Å². The lowest BCUT2D eigenvalue weighted by Crippen LogP contribution is -2.41. The Morgan fingerprint density at radius 1 is 1.12 bits per heavy atom. The van der Waals surface area contributed by atoms with Crippen molar-refractivity contribution < 1.29 is 4.74 Å². The van der Waals surface area contributed by atoms with Crippen molar-refractivity contribution in [1.82, 2.24) is 5.32 Å². The van der Waals surface area contributed by atoms with Gasteiger partial charge in [-0.1, -0.05) is 46.0 Å². The Hall–Kier alpha value is -0.0800. The SMILES string of the molecule is CCCCOC(CCC)NC1CCCCC1. The van der Waals surface area contributed by atoms with Crippen LogP contribution in [0.4, 0.5) is 0 Å². The zero-order valence-electron chi connectivity index (χ0n) is 11.1. The van der Waals surface area contributed by atoms with E-state index in [4.69, 9.17) is 4.74 Å². The quantitative estimate of drug-likeness (QED) is 0.502. The molecule has 1 aliphatic rings. The van der Waals surface area contributed by atoms with E-state index in [-0.39, 0.29) is 0 Å². The van der Waals surface area contributed by atoms with E-state index in [1.807, 2.05) is 0 Å². The summed E-state index contributed by atoms with van der Waals surface area (Å²) >= 11 is 0. The Morgan fingerprint density at radius 3 is 2.50 bits per heavy atom. The molecular weight excluding hydrogens is 198 g/mol. The number of unbranched alkanes of at least 4 members (excludes halogenated alkanes) is 1. The van der Waals surface area contributed by atoms with Crippen LogP contribution in [0.5, 0.6) is 0 Å². The van der Waals surface area contributed by atoms with Gasteiger partial charge in [0.05, 0.1) is 0 Å². The Bertz CT molecular complexity index is 155. The van der Waals surface area contributed by atoms with Crippen molar-refractivity contribution in [3.8, 4) is 0 Å². The summed E-state index contributed by atoms with van der Waals surface area (Å²) < 4.78 is 5.91. The van der Waals surface area contributed by atoms with Crippen LogP contribution in [0.25, 0.3) is 0 Å². The van der Waals surface area contributed by atoms with Crippen molar-refractivity contribution >= 4 is 0 Å². The first kappa shape index (κ1) is 14.0. The van der Waals surface area contributed by atoms with Gasteiger partial charge >= 0.3 is 0 Å². The van der Waals surface area contributed by atoms with E-state index in [1.54, 1.807) is 0 Å². The summed E-state index contributed by atoms with van der Waals surface area (Å²) in [7, 11) is 0. The van der Waals surface area contributed by atoms with Crippen LogP contribution < -0.4 is 5.32 Å². The maximum atomic E-state index is 5.91. The summed E-state index contributed by atoms with van der Waals surface area (Å²) in [6.07, 6.45) is 12.0. The zero-order chi connectivity index (χ0) is 11.6. The zero-order valence-corrected chi connectivity index (χ0v) is 11.1. The van der Waals surface area contributed by atoms with Crippen LogP contribution in [-0.4, -0.2) is 18.9 Å². The number of rotatable bonds is 8. The fourth-order valence-corrected chi connectivity index (χ4v) is 2.38. The molecule has 0 saturated heterocycles. The van der Waals surface area contributed by atoms with E-state index >= 15 is 0 Å². The Labute approximate surface area is 101 Å². The molecule has 0 spiro atoms. The average Bonchev–Trinajstić information content (AvgIpc) is 2.31. The molecule has 1 unspecified atom stereocenters. The van der Waals surface area contributed by atoms with Gasteiger partial charge in [0.1, 0.15) is 6.23 Å². The van der Waals surface area contributed by atoms with Gasteiger partial charge in [-0.2, -0.15) is 0 Å². The summed E-state index contributed by atoms with van der Waals surface area (Å²) in [4.78, 5) is 0. The summed E-state index contributed by atoms with van der Waals surface area (Å²) in [5.74, 6) is 0. The molecule has 0 radical (unpaired) electrons. The predicted octanol–water partition coefficient (Wildman–Crippen LogP) is 3.85. The third-order valence-electron chi connectivity index (χ3n) is 3.39. The Morgan fingerprint density at radius 2 is 1.88 bits per heavy atom. The smallest absolute Gasteiger partial charge is 0.108 e. The molecule has 1 fully saturated rings. The molecule has 0 heterocycles. The van der Waals surface area contributed by atoms with Crippen molar-refractivity contribution in [1.29, 1.82) is 0 Å². The molecule has 1 atom stereocenters. The van der Waals surface area contributed by atoms with E-state index in [1.165, 1.54) is 51.4 Å². The van der Waals surface area contributed by atoms with E-state index in [9.17, 15) is 0 Å². The maximum Gasteiger partial charge on any atom is 0.108 e. The topological polar surface area (TPSA) is 21.3 Å². The number of ether oxygens (including phenoxy) is 1. The summed E-state index contributed by atoms with van der Waals surface area (Å²) in [5.41, 5.74) is 0. The molecule has 1 aliphatic carbocycles. The Kier molecular flexibility index (Phi) is 7.87. The first-order valence-electron chi connectivity index (χ1n) is 7.24. The molecule has 0 aromatic heterocycles. The minimum atomic E-state index is 0.305. The van der Waals surface area contributed by atoms with Gasteiger partial charge < -0.3 is 4.74 Å². The molecule has 1 rings (SSSR count). The van der Waals surface area contributed by atoms with Crippen LogP contribution in [0.1, 0.15) is 71.6 Å². The lowest BCUT2D eigenvalue weighted by molar-refractivity contribution is 0.0106. The van der Waals surface area contributed by atoms with E-state index in [2.05, 4.69) is 19.2 Å². The summed E-state index contributed by atoms with van der Waals surface area (Å²) in [6, 6.07) is 0.715. The molecule has 1 N–H and O–H groups in total. The molecule has 16 heavy (non-hydrogen) atoms. The second-order valence-electron chi connectivity index (χ2n) is 5.00. The largest absolute Gasteiger partial charge is 0.363 e. The molecule has 1 saturated carbocycles. The molecular formula is C14H29NO. The second-order valence-corrected chi connectivity index (χ2v) is 5.00. The lowest BCUT2D eigenvalue weighted by atomic mass is 9.95. The summed E-state index contributed by atoms with van der Waals surface area (Å²) in [5, 5.41) is 3.69. The van der Waals surface area contributed by atoms with Gasteiger partial charge in [-0.25, -0.2) is 0 Å². The highest BCUT2D eigenvalue weighted by Gasteiger charge is 2.17. The third-order valence-corrected chi connectivity index (χ3v) is 3.39. The van der Waals surface area contributed by atoms with Crippen molar-refractivity contribution in [3.63, 3.8) is 0 Å². The van der Waals surface area contributed by atoms with Crippen LogP contribution in [0.3, 0.4) is 0 Å². The van der Waals surface area contributed by atoms with Gasteiger partial charge in [0.25, 0.3) is 0 Å². The predicted molar refractivity (Wildman–Crippen MR) is 69.6 cm³/mol. The van der Waals surface area contributed by atoms with Crippen molar-refractivity contribution in [3.05, 3.63) is 0 Å². The van der Waals surface area contributed by atoms with Crippen LogP contribution in [0.2, 0.25) is 0 Å². The highest BCUT2D eigenvalue weighted by atomic mass is 16.5. The standard InChI is InChI=1S/C14H29NO/c1-3-5-12-16-14(9-4-2)15-13-10-7-6-8-11-13/h13-15H,3-12H2,1-2H3. The normalized spacial score (nSPS) is 19.9. The van der Waals surface area contributed by atoms with Crippen molar-refractivity contribution in [2.24, 2.45) is 0 Å². The number of nitrogens with one attached hydrogen (secondary N) is 1. The average molecular weight is 227 g/mol. The Balaban J connectivity index is 2.19. The van der Waals surface area contributed by atoms with Gasteiger partial charge in [0.2, 0.25) is 0 Å². The van der Waals surface area contributed by atoms with Gasteiger partial charge in [-0.3, -0.25) is 5.32 Å². The molecule has 0 aliphatic heterocycles. The third kappa shape index (κ3) is 5.86. The van der Waals surface area contributed by atoms with Crippen molar-refractivity contribution in [2.75, 3.05) is 6.61 Å². The van der Waals surface area contributed by atoms with E-state index in [0.717, 1.165) is 13.0 Å². The number of hydrogen-bond donors (Lipinski definition) is 1. The highest BCUT2D eigenvalue weighted by molar-refractivity contribution is 4.73. The van der Waals surface area contributed by atoms with Crippen molar-refractivity contribution in [2.45, 2.75) is 83.9 Å². The summed E-state index contributed by atoms with van der Waals surface area (Å²) in [6.45, 7) is 5.37. The maximum absolute atomic E-state index is 5.91. The van der Waals surface area contributed by atoms with Crippen LogP contribution in [-0.2, 0) is 4.74 Å². The lowest BCUT2D eigenvalue weighted by Gasteiger charge is -2.28. The highest BCUT2D eigenvalue weighted by Crippen LogP contribution is 2.18. The fraction of sp³-hybridized carbons (Fsp3) is 1.00. The van der Waals surface area contributed by atoms with Gasteiger partial charge in [-0.15, -0.1) is 0 Å². The van der Waals surface area contributed by atoms with Gasteiger partial charge in [0.15, 0.2) is 0 Å². The molecule has 2 nitrogen and oxygen atoms in total. The van der Waals surface area contributed by atoms with Crippen LogP contribution in [0, 0.1) is 0 Å². The fourth-order valence-electron chi connectivity index (χ4n) is 2.38. The monoisotopic (exact) mass is 227 g/mol. The molecule has 0 aromatic rings. The van der Waals surface area contributed by atoms with E-state index < -0.39 is 0 Å². The molecule has 0 amide bonds. The molecule has 0 bridgehead atoms. The first-order valence-corrected chi connectivity index (χ1v) is 7.24. The molecule has 0 aromatic carbocycles. The first-order chi connectivity index (χ1) is 7.86. The molecule has 96 valence electrons. The second kappa shape index (κ2) is 9.00.